The first kappa shape index (κ1) is 28.7. The number of aromatic nitrogens is 6. The Kier molecular flexibility index (Phi) is 6.21. The van der Waals surface area contributed by atoms with Gasteiger partial charge in [-0.3, -0.25) is 0 Å². The molecule has 0 amide bonds. The second kappa shape index (κ2) is 11.2. The minimum Gasteiger partial charge on any atom is -0.484 e. The number of rotatable bonds is 5. The Bertz CT molecular complexity index is 2870. The third-order valence-electron chi connectivity index (χ3n) is 10.2. The Morgan fingerprint density at radius 3 is 1.94 bits per heavy atom. The van der Waals surface area contributed by atoms with Crippen LogP contribution >= 0.6 is 0 Å². The van der Waals surface area contributed by atoms with E-state index in [4.69, 9.17) is 14.9 Å². The largest absolute Gasteiger partial charge is 0.484 e. The molecule has 8 heteroatoms. The van der Waals surface area contributed by atoms with Gasteiger partial charge < -0.3 is 4.74 Å². The summed E-state index contributed by atoms with van der Waals surface area (Å²) >= 11 is 0. The molecule has 7 aromatic carbocycles. The number of allylic oxidation sites excluding steroid dienone is 1. The van der Waals surface area contributed by atoms with Gasteiger partial charge >= 0.3 is 0 Å². The van der Waals surface area contributed by atoms with Crippen LogP contribution in [0.2, 0.25) is 0 Å². The summed E-state index contributed by atoms with van der Waals surface area (Å²) in [4.78, 5) is 3.37. The molecule has 2 aliphatic rings. The predicted molar refractivity (Wildman–Crippen MR) is 206 cm³/mol. The van der Waals surface area contributed by atoms with Crippen molar-refractivity contribution < 1.29 is 4.74 Å². The minimum atomic E-state index is -0.207. The SMILES string of the molecule is C1=CC2c3c(c4ccccc4c4ccccc34)OC2C=C1N(c1ccc(-n2nc3ccccc3n2)cc1)n1nc2ccc(-c3ccccc3)cc2n1. The summed E-state index contributed by atoms with van der Waals surface area (Å²) in [6.45, 7) is 0. The van der Waals surface area contributed by atoms with Gasteiger partial charge in [-0.1, -0.05) is 108 Å². The molecule has 0 N–H and O–H groups in total. The normalized spacial score (nSPS) is 16.3. The first-order valence-corrected chi connectivity index (χ1v) is 17.4. The number of benzene rings is 7. The van der Waals surface area contributed by atoms with Gasteiger partial charge in [0, 0.05) is 16.9 Å². The van der Waals surface area contributed by atoms with Crippen molar-refractivity contribution >= 4 is 49.3 Å². The van der Waals surface area contributed by atoms with E-state index in [9.17, 15) is 0 Å². The van der Waals surface area contributed by atoms with Gasteiger partial charge in [0.2, 0.25) is 0 Å². The summed E-state index contributed by atoms with van der Waals surface area (Å²) in [5.74, 6) is 1.02. The van der Waals surface area contributed by atoms with Crippen LogP contribution in [0.1, 0.15) is 11.5 Å². The third kappa shape index (κ3) is 4.47. The molecule has 8 nitrogen and oxygen atoms in total. The molecule has 0 radical (unpaired) electrons. The van der Waals surface area contributed by atoms with Gasteiger partial charge in [0.05, 0.1) is 17.1 Å². The van der Waals surface area contributed by atoms with Gasteiger partial charge in [0.1, 0.15) is 33.9 Å². The fourth-order valence-corrected chi connectivity index (χ4v) is 7.74. The molecule has 3 heterocycles. The van der Waals surface area contributed by atoms with Gasteiger partial charge in [-0.25, -0.2) is 5.01 Å². The van der Waals surface area contributed by atoms with Crippen LogP contribution in [0, 0.1) is 0 Å². The third-order valence-corrected chi connectivity index (χ3v) is 10.2. The fourth-order valence-electron chi connectivity index (χ4n) is 7.74. The van der Waals surface area contributed by atoms with Crippen LogP contribution in [-0.2, 0) is 0 Å². The fraction of sp³-hybridized carbons (Fsp3) is 0.0455. The summed E-state index contributed by atoms with van der Waals surface area (Å²) in [5.41, 5.74) is 9.39. The molecule has 52 heavy (non-hydrogen) atoms. The Morgan fingerprint density at radius 1 is 0.538 bits per heavy atom. The van der Waals surface area contributed by atoms with Gasteiger partial charge in [0.25, 0.3) is 0 Å². The van der Waals surface area contributed by atoms with Crippen LogP contribution in [-0.4, -0.2) is 36.2 Å². The van der Waals surface area contributed by atoms with Crippen molar-refractivity contribution in [3.63, 3.8) is 0 Å². The number of nitrogens with zero attached hydrogens (tertiary/aromatic N) is 7. The standard InChI is InChI=1S/C44H29N7O/c1-2-10-28(11-3-1)29-18-25-40-41(26-29)48-51(47-40)49(30-19-21-31(22-20-30)50-45-38-16-8-9-17-39(38)46-50)32-23-24-37-42(27-32)52-44-36-15-7-5-13-34(36)33-12-4-6-14-35(33)43(37)44/h1-27,37,42H. The van der Waals surface area contributed by atoms with Gasteiger partial charge in [0.15, 0.2) is 0 Å². The lowest BCUT2D eigenvalue weighted by Gasteiger charge is -2.28. The van der Waals surface area contributed by atoms with Crippen molar-refractivity contribution in [3.8, 4) is 22.6 Å². The van der Waals surface area contributed by atoms with Crippen molar-refractivity contribution in [1.82, 2.24) is 30.1 Å². The average Bonchev–Trinajstić information content (AvgIpc) is 3.94. The average molecular weight is 672 g/mol. The zero-order valence-electron chi connectivity index (χ0n) is 27.8. The van der Waals surface area contributed by atoms with Crippen LogP contribution < -0.4 is 9.75 Å². The van der Waals surface area contributed by atoms with E-state index >= 15 is 0 Å². The maximum atomic E-state index is 6.89. The van der Waals surface area contributed by atoms with E-state index < -0.39 is 0 Å². The highest BCUT2D eigenvalue weighted by Gasteiger charge is 2.37. The molecule has 2 atom stereocenters. The quantitative estimate of drug-likeness (QED) is 0.170. The summed E-state index contributed by atoms with van der Waals surface area (Å²) in [5, 5.41) is 26.3. The zero-order valence-corrected chi connectivity index (χ0v) is 27.8. The van der Waals surface area contributed by atoms with Crippen molar-refractivity contribution in [1.29, 1.82) is 0 Å². The molecule has 1 aliphatic carbocycles. The molecular formula is C44H29N7O. The van der Waals surface area contributed by atoms with E-state index in [2.05, 4.69) is 113 Å². The Hall–Kier alpha value is -7.06. The molecule has 0 bridgehead atoms. The highest BCUT2D eigenvalue weighted by atomic mass is 16.5. The van der Waals surface area contributed by atoms with Crippen LogP contribution in [0.5, 0.6) is 5.75 Å². The monoisotopic (exact) mass is 671 g/mol. The predicted octanol–water partition coefficient (Wildman–Crippen LogP) is 9.41. The van der Waals surface area contributed by atoms with Crippen molar-refractivity contribution in [2.24, 2.45) is 0 Å². The number of hydrogen-bond acceptors (Lipinski definition) is 6. The molecule has 0 saturated heterocycles. The first-order chi connectivity index (χ1) is 25.7. The molecule has 11 rings (SSSR count). The van der Waals surface area contributed by atoms with Crippen molar-refractivity contribution in [2.75, 3.05) is 5.01 Å². The van der Waals surface area contributed by atoms with E-state index in [-0.39, 0.29) is 12.0 Å². The number of anilines is 1. The molecule has 9 aromatic rings. The topological polar surface area (TPSA) is 73.9 Å². The van der Waals surface area contributed by atoms with E-state index in [1.54, 1.807) is 9.70 Å². The van der Waals surface area contributed by atoms with Gasteiger partial charge in [-0.2, -0.15) is 4.80 Å². The zero-order chi connectivity index (χ0) is 34.2. The van der Waals surface area contributed by atoms with Crippen molar-refractivity contribution in [3.05, 3.63) is 175 Å². The lowest BCUT2D eigenvalue weighted by Crippen LogP contribution is -2.33. The van der Waals surface area contributed by atoms with Crippen LogP contribution in [0.4, 0.5) is 5.69 Å². The molecule has 0 spiro atoms. The molecule has 246 valence electrons. The number of hydrogen-bond donors (Lipinski definition) is 0. The first-order valence-electron chi connectivity index (χ1n) is 17.4. The lowest BCUT2D eigenvalue weighted by molar-refractivity contribution is 0.269. The molecule has 0 saturated carbocycles. The molecular weight excluding hydrogens is 643 g/mol. The molecule has 0 fully saturated rings. The Balaban J connectivity index is 1.03. The second-order valence-corrected chi connectivity index (χ2v) is 13.2. The molecule has 2 unspecified atom stereocenters. The summed E-state index contributed by atoms with van der Waals surface area (Å²) in [7, 11) is 0. The number of ether oxygens (including phenoxy) is 1. The highest BCUT2D eigenvalue weighted by molar-refractivity contribution is 6.13. The van der Waals surface area contributed by atoms with E-state index in [1.165, 1.54) is 21.7 Å². The minimum absolute atomic E-state index is 0.0654. The van der Waals surface area contributed by atoms with Crippen molar-refractivity contribution in [2.45, 2.75) is 12.0 Å². The van der Waals surface area contributed by atoms with Gasteiger partial charge in [-0.15, -0.1) is 20.4 Å². The van der Waals surface area contributed by atoms with Gasteiger partial charge in [-0.05, 0) is 88.0 Å². The smallest absolute Gasteiger partial charge is 0.132 e. The number of fused-ring (bicyclic) bond motifs is 10. The Labute approximate surface area is 298 Å². The molecule has 2 aromatic heterocycles. The van der Waals surface area contributed by atoms with E-state index in [0.717, 1.165) is 61.4 Å². The molecule has 1 aliphatic heterocycles. The second-order valence-electron chi connectivity index (χ2n) is 13.2. The summed E-state index contributed by atoms with van der Waals surface area (Å²) in [6.07, 6.45) is 6.43. The Morgan fingerprint density at radius 2 is 1.17 bits per heavy atom. The maximum Gasteiger partial charge on any atom is 0.132 e. The van der Waals surface area contributed by atoms with E-state index in [0.29, 0.717) is 0 Å². The van der Waals surface area contributed by atoms with Crippen LogP contribution in [0.25, 0.3) is 60.4 Å². The van der Waals surface area contributed by atoms with E-state index in [1.807, 2.05) is 65.7 Å². The highest BCUT2D eigenvalue weighted by Crippen LogP contribution is 2.50. The van der Waals surface area contributed by atoms with Crippen LogP contribution in [0.3, 0.4) is 0 Å². The summed E-state index contributed by atoms with van der Waals surface area (Å²) < 4.78 is 6.89. The maximum absolute atomic E-state index is 6.89. The lowest BCUT2D eigenvalue weighted by atomic mass is 9.86. The van der Waals surface area contributed by atoms with Crippen LogP contribution in [0.15, 0.2) is 170 Å². The summed E-state index contributed by atoms with van der Waals surface area (Å²) in [6, 6.07) is 49.8.